The first kappa shape index (κ1) is 23.8. The summed E-state index contributed by atoms with van der Waals surface area (Å²) >= 11 is 0. The van der Waals surface area contributed by atoms with E-state index in [1.807, 2.05) is 38.1 Å². The van der Waals surface area contributed by atoms with Crippen LogP contribution in [-0.4, -0.2) is 66.4 Å². The third-order valence-electron chi connectivity index (χ3n) is 6.58. The summed E-state index contributed by atoms with van der Waals surface area (Å²) in [6.07, 6.45) is -0.601. The molecule has 1 unspecified atom stereocenters. The molecule has 2 atom stereocenters. The first-order chi connectivity index (χ1) is 16.4. The third-order valence-corrected chi connectivity index (χ3v) is 6.58. The van der Waals surface area contributed by atoms with Gasteiger partial charge in [0.15, 0.2) is 6.04 Å². The molecule has 0 spiro atoms. The summed E-state index contributed by atoms with van der Waals surface area (Å²) in [5.74, 6) is -1.53. The van der Waals surface area contributed by atoms with Crippen molar-refractivity contribution < 1.29 is 29.0 Å². The molecule has 4 rings (SSSR count). The van der Waals surface area contributed by atoms with Crippen molar-refractivity contribution in [3.8, 4) is 11.1 Å². The zero-order valence-corrected chi connectivity index (χ0v) is 19.4. The van der Waals surface area contributed by atoms with Gasteiger partial charge in [0.05, 0.1) is 13.2 Å². The van der Waals surface area contributed by atoms with E-state index in [2.05, 4.69) is 29.6 Å². The van der Waals surface area contributed by atoms with Gasteiger partial charge in [-0.2, -0.15) is 0 Å². The van der Waals surface area contributed by atoms with Gasteiger partial charge in [-0.05, 0) is 28.2 Å². The van der Waals surface area contributed by atoms with Crippen molar-refractivity contribution in [1.82, 2.24) is 10.2 Å². The highest BCUT2D eigenvalue weighted by Crippen LogP contribution is 2.44. The summed E-state index contributed by atoms with van der Waals surface area (Å²) in [6.45, 7) is 4.45. The summed E-state index contributed by atoms with van der Waals surface area (Å²) in [6, 6.07) is 14.7. The Bertz CT molecular complexity index is 1020. The largest absolute Gasteiger partial charge is 0.480 e. The number of carboxylic acid groups (broad SMARTS) is 1. The molecular weight excluding hydrogens is 436 g/mol. The van der Waals surface area contributed by atoms with E-state index < -0.39 is 24.1 Å². The highest BCUT2D eigenvalue weighted by Gasteiger charge is 2.35. The molecule has 2 aromatic rings. The summed E-state index contributed by atoms with van der Waals surface area (Å²) in [5, 5.41) is 12.2. The molecule has 0 saturated carbocycles. The lowest BCUT2D eigenvalue weighted by Crippen LogP contribution is -2.54. The van der Waals surface area contributed by atoms with Crippen molar-refractivity contribution in [1.29, 1.82) is 0 Å². The van der Waals surface area contributed by atoms with Gasteiger partial charge in [0.1, 0.15) is 6.61 Å². The van der Waals surface area contributed by atoms with Gasteiger partial charge in [-0.3, -0.25) is 4.79 Å². The van der Waals surface area contributed by atoms with Crippen LogP contribution in [0, 0.1) is 5.92 Å². The summed E-state index contributed by atoms with van der Waals surface area (Å²) in [7, 11) is 0. The van der Waals surface area contributed by atoms with Crippen LogP contribution < -0.4 is 5.32 Å². The standard InChI is InChI=1S/C26H30N2O6/c1-16(2)22(13-24(29)28-11-12-33-15-23(28)25(30)31)27-26(32)34-14-21-19-9-5-3-7-17(19)18-8-4-6-10-20(18)21/h3-10,16,21-23H,11-15H2,1-2H3,(H,27,32)(H,30,31)/t22-,23?/m0/s1. The number of nitrogens with one attached hydrogen (secondary N) is 1. The highest BCUT2D eigenvalue weighted by molar-refractivity contribution is 5.85. The van der Waals surface area contributed by atoms with Crippen LogP contribution in [0.2, 0.25) is 0 Å². The smallest absolute Gasteiger partial charge is 0.407 e. The van der Waals surface area contributed by atoms with E-state index in [-0.39, 0.29) is 43.9 Å². The minimum atomic E-state index is -1.10. The monoisotopic (exact) mass is 466 g/mol. The van der Waals surface area contributed by atoms with E-state index in [0.29, 0.717) is 6.61 Å². The molecule has 8 nitrogen and oxygen atoms in total. The van der Waals surface area contributed by atoms with Crippen LogP contribution in [0.5, 0.6) is 0 Å². The number of nitrogens with zero attached hydrogens (tertiary/aromatic N) is 1. The number of amides is 2. The summed E-state index contributed by atoms with van der Waals surface area (Å²) in [5.41, 5.74) is 4.55. The quantitative estimate of drug-likeness (QED) is 0.649. The number of ether oxygens (including phenoxy) is 2. The number of carbonyl (C=O) groups excluding carboxylic acids is 2. The van der Waals surface area contributed by atoms with Crippen LogP contribution in [0.15, 0.2) is 48.5 Å². The predicted octanol–water partition coefficient (Wildman–Crippen LogP) is 3.25. The van der Waals surface area contributed by atoms with Gasteiger partial charge in [0.25, 0.3) is 0 Å². The number of fused-ring (bicyclic) bond motifs is 3. The maximum absolute atomic E-state index is 12.9. The van der Waals surface area contributed by atoms with Crippen LogP contribution in [0.3, 0.4) is 0 Å². The molecule has 8 heteroatoms. The molecule has 34 heavy (non-hydrogen) atoms. The number of hydrogen-bond donors (Lipinski definition) is 2. The molecule has 1 saturated heterocycles. The fraction of sp³-hybridized carbons (Fsp3) is 0.423. The van der Waals surface area contributed by atoms with Gasteiger partial charge in [-0.25, -0.2) is 9.59 Å². The van der Waals surface area contributed by atoms with E-state index in [0.717, 1.165) is 22.3 Å². The van der Waals surface area contributed by atoms with E-state index in [4.69, 9.17) is 9.47 Å². The van der Waals surface area contributed by atoms with Crippen molar-refractivity contribution in [3.05, 3.63) is 59.7 Å². The van der Waals surface area contributed by atoms with Gasteiger partial charge in [0, 0.05) is 24.9 Å². The molecule has 1 aliphatic carbocycles. The first-order valence-corrected chi connectivity index (χ1v) is 11.6. The maximum Gasteiger partial charge on any atom is 0.407 e. The van der Waals surface area contributed by atoms with E-state index in [1.54, 1.807) is 0 Å². The topological polar surface area (TPSA) is 105 Å². The number of alkyl carbamates (subject to hydrolysis) is 1. The maximum atomic E-state index is 12.9. The Morgan fingerprint density at radius 1 is 1.09 bits per heavy atom. The van der Waals surface area contributed by atoms with Crippen molar-refractivity contribution in [2.75, 3.05) is 26.4 Å². The number of morpholine rings is 1. The molecular formula is C26H30N2O6. The molecule has 1 heterocycles. The fourth-order valence-electron chi connectivity index (χ4n) is 4.66. The Balaban J connectivity index is 1.38. The normalized spacial score (nSPS) is 18.2. The summed E-state index contributed by atoms with van der Waals surface area (Å²) in [4.78, 5) is 38.4. The second-order valence-electron chi connectivity index (χ2n) is 9.04. The van der Waals surface area contributed by atoms with Crippen molar-refractivity contribution >= 4 is 18.0 Å². The van der Waals surface area contributed by atoms with Crippen molar-refractivity contribution in [3.63, 3.8) is 0 Å². The molecule has 180 valence electrons. The lowest BCUT2D eigenvalue weighted by molar-refractivity contribution is -0.158. The minimum Gasteiger partial charge on any atom is -0.480 e. The van der Waals surface area contributed by atoms with Crippen LogP contribution in [0.4, 0.5) is 4.79 Å². The SMILES string of the molecule is CC(C)[C@H](CC(=O)N1CCOCC1C(=O)O)NC(=O)OCC1c2ccccc2-c2ccccc21. The van der Waals surface area contributed by atoms with Crippen LogP contribution >= 0.6 is 0 Å². The van der Waals surface area contributed by atoms with Crippen LogP contribution in [0.1, 0.15) is 37.3 Å². The molecule has 1 fully saturated rings. The zero-order chi connectivity index (χ0) is 24.2. The highest BCUT2D eigenvalue weighted by atomic mass is 16.5. The van der Waals surface area contributed by atoms with Crippen LogP contribution in [-0.2, 0) is 19.1 Å². The van der Waals surface area contributed by atoms with Gasteiger partial charge in [0.2, 0.25) is 5.91 Å². The lowest BCUT2D eigenvalue weighted by atomic mass is 9.98. The average Bonchev–Trinajstić information content (AvgIpc) is 3.16. The fourth-order valence-corrected chi connectivity index (χ4v) is 4.66. The van der Waals surface area contributed by atoms with Gasteiger partial charge >= 0.3 is 12.1 Å². The second-order valence-corrected chi connectivity index (χ2v) is 9.04. The molecule has 0 bridgehead atoms. The number of rotatable bonds is 7. The predicted molar refractivity (Wildman–Crippen MR) is 125 cm³/mol. The molecule has 2 aliphatic rings. The molecule has 2 amide bonds. The molecule has 0 radical (unpaired) electrons. The Morgan fingerprint density at radius 3 is 2.29 bits per heavy atom. The number of hydrogen-bond acceptors (Lipinski definition) is 5. The number of benzene rings is 2. The first-order valence-electron chi connectivity index (χ1n) is 11.6. The second kappa shape index (κ2) is 10.3. The van der Waals surface area contributed by atoms with Crippen LogP contribution in [0.25, 0.3) is 11.1 Å². The van der Waals surface area contributed by atoms with Gasteiger partial charge < -0.3 is 24.8 Å². The molecule has 1 aliphatic heterocycles. The Hall–Kier alpha value is -3.39. The zero-order valence-electron chi connectivity index (χ0n) is 19.4. The molecule has 0 aromatic heterocycles. The van der Waals surface area contributed by atoms with Crippen molar-refractivity contribution in [2.45, 2.75) is 38.3 Å². The summed E-state index contributed by atoms with van der Waals surface area (Å²) < 4.78 is 10.8. The average molecular weight is 467 g/mol. The molecule has 2 N–H and O–H groups in total. The third kappa shape index (κ3) is 4.92. The van der Waals surface area contributed by atoms with E-state index >= 15 is 0 Å². The number of carboxylic acids is 1. The van der Waals surface area contributed by atoms with Gasteiger partial charge in [-0.1, -0.05) is 62.4 Å². The Kier molecular flexibility index (Phi) is 7.17. The Morgan fingerprint density at radius 2 is 1.71 bits per heavy atom. The number of aliphatic carboxylic acids is 1. The van der Waals surface area contributed by atoms with E-state index in [1.165, 1.54) is 4.90 Å². The minimum absolute atomic E-state index is 0.00829. The van der Waals surface area contributed by atoms with E-state index in [9.17, 15) is 19.5 Å². The molecule has 2 aromatic carbocycles. The lowest BCUT2D eigenvalue weighted by Gasteiger charge is -2.34. The number of carbonyl (C=O) groups is 3. The van der Waals surface area contributed by atoms with Crippen molar-refractivity contribution in [2.24, 2.45) is 5.92 Å². The van der Waals surface area contributed by atoms with Gasteiger partial charge in [-0.15, -0.1) is 0 Å². The Labute approximate surface area is 198 Å².